The molecule has 1 amide bonds. The number of nitrogens with zero attached hydrogens (tertiary/aromatic N) is 3. The Morgan fingerprint density at radius 2 is 1.66 bits per heavy atom. The summed E-state index contributed by atoms with van der Waals surface area (Å²) in [5, 5.41) is 0. The molecule has 38 heavy (non-hydrogen) atoms. The second-order valence-corrected chi connectivity index (χ2v) is 14.8. The van der Waals surface area contributed by atoms with Crippen LogP contribution in [0.3, 0.4) is 0 Å². The number of amides is 1. The Kier molecular flexibility index (Phi) is 8.58. The van der Waals surface area contributed by atoms with E-state index < -0.39 is 25.8 Å². The number of hydrogen-bond donors (Lipinski definition) is 0. The van der Waals surface area contributed by atoms with Crippen LogP contribution in [0, 0.1) is 11.8 Å². The maximum absolute atomic E-state index is 13.2. The zero-order chi connectivity index (χ0) is 27.7. The SMILES string of the molecule is CCOCCn1c(=NC(=O)c2ccc(S(=O)(=O)N3CC(C)CC(C)C3)cc2)sc2cc(S(C)(=O)=O)ccc21. The quantitative estimate of drug-likeness (QED) is 0.377. The Hall–Kier alpha value is -2.38. The predicted octanol–water partition coefficient (Wildman–Crippen LogP) is 3.55. The third-order valence-electron chi connectivity index (χ3n) is 6.52. The van der Waals surface area contributed by atoms with E-state index in [9.17, 15) is 21.6 Å². The van der Waals surface area contributed by atoms with Crippen molar-refractivity contribution in [1.82, 2.24) is 8.87 Å². The van der Waals surface area contributed by atoms with Gasteiger partial charge in [0, 0.05) is 38.1 Å². The van der Waals surface area contributed by atoms with E-state index in [0.29, 0.717) is 42.3 Å². The lowest BCUT2D eigenvalue weighted by molar-refractivity contribution is 0.0996. The van der Waals surface area contributed by atoms with Crippen molar-refractivity contribution in [1.29, 1.82) is 0 Å². The number of rotatable bonds is 8. The highest BCUT2D eigenvalue weighted by Crippen LogP contribution is 2.27. The van der Waals surface area contributed by atoms with Gasteiger partial charge in [-0.15, -0.1) is 0 Å². The van der Waals surface area contributed by atoms with Gasteiger partial charge in [-0.3, -0.25) is 4.79 Å². The van der Waals surface area contributed by atoms with Crippen LogP contribution in [0.4, 0.5) is 0 Å². The van der Waals surface area contributed by atoms with Crippen molar-refractivity contribution < 1.29 is 26.4 Å². The number of hydrogen-bond acceptors (Lipinski definition) is 7. The first-order valence-corrected chi connectivity index (χ1v) is 16.7. The summed E-state index contributed by atoms with van der Waals surface area (Å²) >= 11 is 1.21. The van der Waals surface area contributed by atoms with E-state index in [1.165, 1.54) is 46.0 Å². The summed E-state index contributed by atoms with van der Waals surface area (Å²) in [6.45, 7) is 8.33. The largest absolute Gasteiger partial charge is 0.380 e. The number of benzene rings is 2. The normalized spacial score (nSPS) is 19.7. The van der Waals surface area contributed by atoms with Crippen molar-refractivity contribution in [3.05, 3.63) is 52.8 Å². The Morgan fingerprint density at radius 3 is 2.26 bits per heavy atom. The number of carbonyl (C=O) groups is 1. The minimum Gasteiger partial charge on any atom is -0.380 e. The van der Waals surface area contributed by atoms with Gasteiger partial charge in [-0.1, -0.05) is 25.2 Å². The number of thiazole rings is 1. The van der Waals surface area contributed by atoms with Gasteiger partial charge in [-0.25, -0.2) is 16.8 Å². The molecule has 2 heterocycles. The van der Waals surface area contributed by atoms with Gasteiger partial charge in [0.25, 0.3) is 5.91 Å². The Labute approximate surface area is 227 Å². The molecule has 0 N–H and O–H groups in total. The average Bonchev–Trinajstić information content (AvgIpc) is 3.19. The molecule has 1 saturated heterocycles. The zero-order valence-corrected chi connectivity index (χ0v) is 24.4. The van der Waals surface area contributed by atoms with Crippen molar-refractivity contribution in [2.45, 2.75) is 43.5 Å². The van der Waals surface area contributed by atoms with E-state index in [-0.39, 0.29) is 27.2 Å². The van der Waals surface area contributed by atoms with Gasteiger partial charge in [0.1, 0.15) is 0 Å². The van der Waals surface area contributed by atoms with Crippen LogP contribution in [0.25, 0.3) is 10.2 Å². The van der Waals surface area contributed by atoms with E-state index in [2.05, 4.69) is 18.8 Å². The minimum absolute atomic E-state index is 0.150. The highest BCUT2D eigenvalue weighted by Gasteiger charge is 2.31. The summed E-state index contributed by atoms with van der Waals surface area (Å²) in [6.07, 6.45) is 2.15. The lowest BCUT2D eigenvalue weighted by Crippen LogP contribution is -2.42. The number of carbonyl (C=O) groups excluding carboxylic acids is 1. The number of sulfonamides is 1. The van der Waals surface area contributed by atoms with E-state index in [1.54, 1.807) is 12.1 Å². The smallest absolute Gasteiger partial charge is 0.279 e. The monoisotopic (exact) mass is 579 g/mol. The van der Waals surface area contributed by atoms with E-state index in [1.807, 2.05) is 11.5 Å². The molecule has 12 heteroatoms. The number of piperidine rings is 1. The van der Waals surface area contributed by atoms with Gasteiger partial charge in [0.15, 0.2) is 14.6 Å². The molecule has 0 radical (unpaired) electrons. The first-order chi connectivity index (χ1) is 17.9. The Balaban J connectivity index is 1.66. The van der Waals surface area contributed by atoms with Crippen LogP contribution >= 0.6 is 11.3 Å². The number of ether oxygens (including phenoxy) is 1. The molecule has 1 aromatic heterocycles. The lowest BCUT2D eigenvalue weighted by Gasteiger charge is -2.34. The van der Waals surface area contributed by atoms with Crippen molar-refractivity contribution in [2.24, 2.45) is 16.8 Å². The summed E-state index contributed by atoms with van der Waals surface area (Å²) in [5.74, 6) is 0.0593. The molecule has 0 saturated carbocycles. The molecule has 2 unspecified atom stereocenters. The fraction of sp³-hybridized carbons (Fsp3) is 0.462. The van der Waals surface area contributed by atoms with E-state index in [0.717, 1.165) is 18.2 Å². The summed E-state index contributed by atoms with van der Waals surface area (Å²) in [5.41, 5.74) is 1.01. The highest BCUT2D eigenvalue weighted by molar-refractivity contribution is 7.90. The molecule has 0 aliphatic carbocycles. The van der Waals surface area contributed by atoms with Gasteiger partial charge in [-0.2, -0.15) is 9.30 Å². The molecular formula is C26H33N3O6S3. The third kappa shape index (κ3) is 6.26. The molecule has 4 rings (SSSR count). The standard InChI is InChI=1S/C26H33N3O6S3/c1-5-35-13-12-29-23-11-10-22(37(4,31)32)15-24(23)36-26(29)27-25(30)20-6-8-21(9-7-20)38(33,34)28-16-18(2)14-19(3)17-28/h6-11,15,18-19H,5,12-14,16-17H2,1-4H3. The summed E-state index contributed by atoms with van der Waals surface area (Å²) in [6, 6.07) is 10.7. The van der Waals surface area contributed by atoms with Gasteiger partial charge in [-0.05, 0) is 67.6 Å². The molecule has 2 atom stereocenters. The van der Waals surface area contributed by atoms with E-state index >= 15 is 0 Å². The van der Waals surface area contributed by atoms with Crippen molar-refractivity contribution in [2.75, 3.05) is 32.6 Å². The molecule has 2 aromatic carbocycles. The fourth-order valence-corrected chi connectivity index (χ4v) is 8.25. The molecule has 1 aliphatic rings. The molecule has 9 nitrogen and oxygen atoms in total. The molecule has 0 spiro atoms. The topological polar surface area (TPSA) is 115 Å². The molecular weight excluding hydrogens is 547 g/mol. The number of sulfone groups is 1. The average molecular weight is 580 g/mol. The first-order valence-electron chi connectivity index (χ1n) is 12.5. The summed E-state index contributed by atoms with van der Waals surface area (Å²) in [7, 11) is -7.05. The van der Waals surface area contributed by atoms with Crippen LogP contribution in [0.15, 0.2) is 57.2 Å². The predicted molar refractivity (Wildman–Crippen MR) is 147 cm³/mol. The van der Waals surface area contributed by atoms with Crippen LogP contribution < -0.4 is 4.80 Å². The molecule has 1 fully saturated rings. The van der Waals surface area contributed by atoms with Crippen LogP contribution in [0.5, 0.6) is 0 Å². The summed E-state index contributed by atoms with van der Waals surface area (Å²) in [4.78, 5) is 18.2. The maximum atomic E-state index is 13.2. The van der Waals surface area contributed by atoms with Crippen molar-refractivity contribution in [3.63, 3.8) is 0 Å². The van der Waals surface area contributed by atoms with Crippen molar-refractivity contribution >= 4 is 47.3 Å². The maximum Gasteiger partial charge on any atom is 0.279 e. The van der Waals surface area contributed by atoms with Gasteiger partial charge in [0.2, 0.25) is 10.0 Å². The van der Waals surface area contributed by atoms with Gasteiger partial charge < -0.3 is 9.30 Å². The number of aromatic nitrogens is 1. The molecule has 206 valence electrons. The zero-order valence-electron chi connectivity index (χ0n) is 22.0. The third-order valence-corrected chi connectivity index (χ3v) is 10.5. The molecule has 3 aromatic rings. The van der Waals surface area contributed by atoms with Crippen LogP contribution in [0.1, 0.15) is 37.6 Å². The van der Waals surface area contributed by atoms with Crippen LogP contribution in [0.2, 0.25) is 0 Å². The highest BCUT2D eigenvalue weighted by atomic mass is 32.2. The van der Waals surface area contributed by atoms with Gasteiger partial charge in [0.05, 0.1) is 26.6 Å². The van der Waals surface area contributed by atoms with E-state index in [4.69, 9.17) is 4.74 Å². The van der Waals surface area contributed by atoms with Gasteiger partial charge >= 0.3 is 0 Å². The number of fused-ring (bicyclic) bond motifs is 1. The molecule has 1 aliphatic heterocycles. The Bertz CT molecular complexity index is 1600. The van der Waals surface area contributed by atoms with Crippen LogP contribution in [-0.2, 0) is 31.1 Å². The second kappa shape index (κ2) is 11.4. The fourth-order valence-electron chi connectivity index (χ4n) is 4.76. The summed E-state index contributed by atoms with van der Waals surface area (Å²) < 4.78 is 59.9. The van der Waals surface area contributed by atoms with Crippen molar-refractivity contribution in [3.8, 4) is 0 Å². The first kappa shape index (κ1) is 28.6. The van der Waals surface area contributed by atoms with Crippen LogP contribution in [-0.4, -0.2) is 64.2 Å². The lowest BCUT2D eigenvalue weighted by atomic mass is 9.94. The minimum atomic E-state index is -3.66. The second-order valence-electron chi connectivity index (χ2n) is 9.84. The molecule has 0 bridgehead atoms. The Morgan fingerprint density at radius 1 is 1.03 bits per heavy atom.